The van der Waals surface area contributed by atoms with Gasteiger partial charge in [-0.2, -0.15) is 0 Å². The molecule has 1 aliphatic heterocycles. The molecule has 18 heavy (non-hydrogen) atoms. The largest absolute Gasteiger partial charge is 0.384 e. The van der Waals surface area contributed by atoms with Crippen LogP contribution in [0.4, 0.5) is 5.82 Å². The van der Waals surface area contributed by atoms with Crippen LogP contribution >= 0.6 is 0 Å². The number of anilines is 1. The Morgan fingerprint density at radius 3 is 2.89 bits per heavy atom. The Hall–Kier alpha value is -1.62. The van der Waals surface area contributed by atoms with Crippen molar-refractivity contribution in [3.05, 3.63) is 23.9 Å². The highest BCUT2D eigenvalue weighted by molar-refractivity contribution is 5.92. The predicted octanol–water partition coefficient (Wildman–Crippen LogP) is 1.21. The molecule has 1 aromatic rings. The lowest BCUT2D eigenvalue weighted by Crippen LogP contribution is -2.40. The average molecular weight is 249 g/mol. The van der Waals surface area contributed by atoms with Crippen LogP contribution in [0.5, 0.6) is 0 Å². The summed E-state index contributed by atoms with van der Waals surface area (Å²) in [5.74, 6) is 0.673. The van der Waals surface area contributed by atoms with Crippen molar-refractivity contribution in [2.75, 3.05) is 18.9 Å². The SMILES string of the molecule is CC(NC(=O)c1cccc(N)n1)C1CCOCC1. The van der Waals surface area contributed by atoms with Crippen molar-refractivity contribution in [3.8, 4) is 0 Å². The second kappa shape index (κ2) is 5.82. The van der Waals surface area contributed by atoms with Gasteiger partial charge in [0.25, 0.3) is 5.91 Å². The van der Waals surface area contributed by atoms with Crippen LogP contribution < -0.4 is 11.1 Å². The van der Waals surface area contributed by atoms with Gasteiger partial charge < -0.3 is 15.8 Å². The lowest BCUT2D eigenvalue weighted by atomic mass is 9.93. The summed E-state index contributed by atoms with van der Waals surface area (Å²) in [4.78, 5) is 16.0. The molecule has 0 bridgehead atoms. The van der Waals surface area contributed by atoms with Crippen molar-refractivity contribution in [2.24, 2.45) is 5.92 Å². The van der Waals surface area contributed by atoms with E-state index in [1.165, 1.54) is 0 Å². The molecule has 5 nitrogen and oxygen atoms in total. The van der Waals surface area contributed by atoms with Crippen molar-refractivity contribution >= 4 is 11.7 Å². The molecule has 1 fully saturated rings. The van der Waals surface area contributed by atoms with E-state index in [2.05, 4.69) is 10.3 Å². The maximum absolute atomic E-state index is 12.0. The number of rotatable bonds is 3. The minimum Gasteiger partial charge on any atom is -0.384 e. The highest BCUT2D eigenvalue weighted by atomic mass is 16.5. The smallest absolute Gasteiger partial charge is 0.270 e. The van der Waals surface area contributed by atoms with E-state index in [0.29, 0.717) is 17.4 Å². The molecule has 1 aliphatic rings. The quantitative estimate of drug-likeness (QED) is 0.844. The molecule has 0 aliphatic carbocycles. The number of nitrogens with two attached hydrogens (primary N) is 1. The van der Waals surface area contributed by atoms with Crippen molar-refractivity contribution in [1.82, 2.24) is 10.3 Å². The number of nitrogens with zero attached hydrogens (tertiary/aromatic N) is 1. The lowest BCUT2D eigenvalue weighted by molar-refractivity contribution is 0.0537. The topological polar surface area (TPSA) is 77.2 Å². The molecule has 0 saturated carbocycles. The van der Waals surface area contributed by atoms with Gasteiger partial charge in [0.2, 0.25) is 0 Å². The number of pyridine rings is 1. The fraction of sp³-hybridized carbons (Fsp3) is 0.538. The van der Waals surface area contributed by atoms with E-state index in [4.69, 9.17) is 10.5 Å². The van der Waals surface area contributed by atoms with Gasteiger partial charge in [0.15, 0.2) is 0 Å². The molecule has 2 heterocycles. The van der Waals surface area contributed by atoms with Gasteiger partial charge in [-0.3, -0.25) is 4.79 Å². The predicted molar refractivity (Wildman–Crippen MR) is 69.1 cm³/mol. The summed E-state index contributed by atoms with van der Waals surface area (Å²) >= 11 is 0. The lowest BCUT2D eigenvalue weighted by Gasteiger charge is -2.28. The molecule has 0 aromatic carbocycles. The summed E-state index contributed by atoms with van der Waals surface area (Å²) < 4.78 is 5.31. The minimum absolute atomic E-state index is 0.129. The Kier molecular flexibility index (Phi) is 4.15. The van der Waals surface area contributed by atoms with Gasteiger partial charge in [-0.15, -0.1) is 0 Å². The third kappa shape index (κ3) is 3.20. The van der Waals surface area contributed by atoms with Gasteiger partial charge in [-0.1, -0.05) is 6.07 Å². The Balaban J connectivity index is 1.94. The molecule has 0 spiro atoms. The van der Waals surface area contributed by atoms with E-state index in [-0.39, 0.29) is 11.9 Å². The molecular formula is C13H19N3O2. The Bertz CT molecular complexity index is 416. The fourth-order valence-electron chi connectivity index (χ4n) is 2.19. The number of carbonyl (C=O) groups is 1. The average Bonchev–Trinajstić information content (AvgIpc) is 2.39. The Morgan fingerprint density at radius 1 is 1.50 bits per heavy atom. The standard InChI is InChI=1S/C13H19N3O2/c1-9(10-5-7-18-8-6-10)15-13(17)11-3-2-4-12(14)16-11/h2-4,9-10H,5-8H2,1H3,(H2,14,16)(H,15,17). The van der Waals surface area contributed by atoms with E-state index in [0.717, 1.165) is 26.1 Å². The first-order chi connectivity index (χ1) is 8.66. The Morgan fingerprint density at radius 2 is 2.22 bits per heavy atom. The molecule has 0 radical (unpaired) electrons. The normalized spacial score (nSPS) is 18.3. The van der Waals surface area contributed by atoms with Crippen LogP contribution in [-0.2, 0) is 4.74 Å². The van der Waals surface area contributed by atoms with Crippen LogP contribution in [0.2, 0.25) is 0 Å². The molecular weight excluding hydrogens is 230 g/mol. The molecule has 98 valence electrons. The first-order valence-electron chi connectivity index (χ1n) is 6.28. The van der Waals surface area contributed by atoms with Crippen LogP contribution in [0, 0.1) is 5.92 Å². The second-order valence-electron chi connectivity index (χ2n) is 4.66. The third-order valence-corrected chi connectivity index (χ3v) is 3.34. The number of nitrogen functional groups attached to an aromatic ring is 1. The number of nitrogens with one attached hydrogen (secondary N) is 1. The second-order valence-corrected chi connectivity index (χ2v) is 4.66. The number of amides is 1. The van der Waals surface area contributed by atoms with Crippen molar-refractivity contribution in [1.29, 1.82) is 0 Å². The minimum atomic E-state index is -0.165. The monoisotopic (exact) mass is 249 g/mol. The van der Waals surface area contributed by atoms with Gasteiger partial charge in [0.1, 0.15) is 11.5 Å². The van der Waals surface area contributed by atoms with Crippen molar-refractivity contribution < 1.29 is 9.53 Å². The summed E-state index contributed by atoms with van der Waals surface area (Å²) in [6.45, 7) is 3.59. The number of aromatic nitrogens is 1. The molecule has 1 unspecified atom stereocenters. The van der Waals surface area contributed by atoms with Gasteiger partial charge in [-0.05, 0) is 37.8 Å². The number of hydrogen-bond acceptors (Lipinski definition) is 4. The summed E-state index contributed by atoms with van der Waals surface area (Å²) in [5.41, 5.74) is 5.93. The molecule has 5 heteroatoms. The maximum atomic E-state index is 12.0. The maximum Gasteiger partial charge on any atom is 0.270 e. The highest BCUT2D eigenvalue weighted by Gasteiger charge is 2.22. The number of carbonyl (C=O) groups excluding carboxylic acids is 1. The van der Waals surface area contributed by atoms with Crippen LogP contribution in [0.3, 0.4) is 0 Å². The van der Waals surface area contributed by atoms with E-state index < -0.39 is 0 Å². The van der Waals surface area contributed by atoms with Crippen LogP contribution in [0.15, 0.2) is 18.2 Å². The Labute approximate surface area is 107 Å². The van der Waals surface area contributed by atoms with Gasteiger partial charge in [0, 0.05) is 19.3 Å². The molecule has 1 amide bonds. The van der Waals surface area contributed by atoms with Crippen molar-refractivity contribution in [2.45, 2.75) is 25.8 Å². The first-order valence-corrected chi connectivity index (χ1v) is 6.28. The zero-order valence-corrected chi connectivity index (χ0v) is 10.6. The highest BCUT2D eigenvalue weighted by Crippen LogP contribution is 2.18. The molecule has 1 saturated heterocycles. The summed E-state index contributed by atoms with van der Waals surface area (Å²) in [6.07, 6.45) is 1.98. The van der Waals surface area contributed by atoms with Crippen LogP contribution in [-0.4, -0.2) is 30.1 Å². The van der Waals surface area contributed by atoms with E-state index in [1.54, 1.807) is 18.2 Å². The van der Waals surface area contributed by atoms with Gasteiger partial charge >= 0.3 is 0 Å². The van der Waals surface area contributed by atoms with E-state index >= 15 is 0 Å². The number of hydrogen-bond donors (Lipinski definition) is 2. The zero-order valence-electron chi connectivity index (χ0n) is 10.6. The first kappa shape index (κ1) is 12.8. The molecule has 3 N–H and O–H groups in total. The fourth-order valence-corrected chi connectivity index (χ4v) is 2.19. The van der Waals surface area contributed by atoms with Gasteiger partial charge in [-0.25, -0.2) is 4.98 Å². The third-order valence-electron chi connectivity index (χ3n) is 3.34. The molecule has 1 atom stereocenters. The summed E-state index contributed by atoms with van der Waals surface area (Å²) in [5, 5.41) is 2.98. The van der Waals surface area contributed by atoms with Gasteiger partial charge in [0.05, 0.1) is 0 Å². The molecule has 1 aromatic heterocycles. The van der Waals surface area contributed by atoms with Crippen LogP contribution in [0.25, 0.3) is 0 Å². The van der Waals surface area contributed by atoms with E-state index in [9.17, 15) is 4.79 Å². The number of ether oxygens (including phenoxy) is 1. The van der Waals surface area contributed by atoms with Crippen LogP contribution in [0.1, 0.15) is 30.3 Å². The van der Waals surface area contributed by atoms with E-state index in [1.807, 2.05) is 6.92 Å². The van der Waals surface area contributed by atoms with Crippen molar-refractivity contribution in [3.63, 3.8) is 0 Å². The zero-order chi connectivity index (χ0) is 13.0. The molecule has 2 rings (SSSR count). The summed E-state index contributed by atoms with van der Waals surface area (Å²) in [7, 11) is 0. The summed E-state index contributed by atoms with van der Waals surface area (Å²) in [6, 6.07) is 5.20.